The number of benzene rings is 1. The molecular weight excluding hydrogens is 230 g/mol. The lowest BCUT2D eigenvalue weighted by atomic mass is 10.0. The Morgan fingerprint density at radius 3 is 2.67 bits per heavy atom. The van der Waals surface area contributed by atoms with Gasteiger partial charge in [-0.25, -0.2) is 0 Å². The summed E-state index contributed by atoms with van der Waals surface area (Å²) in [6.45, 7) is 1.32. The normalized spacial score (nSPS) is 21.2. The van der Waals surface area contributed by atoms with Crippen molar-refractivity contribution in [2.24, 2.45) is 5.73 Å². The van der Waals surface area contributed by atoms with Gasteiger partial charge in [0.2, 0.25) is 0 Å². The van der Waals surface area contributed by atoms with Crippen molar-refractivity contribution in [1.29, 1.82) is 0 Å². The van der Waals surface area contributed by atoms with Crippen molar-refractivity contribution in [3.8, 4) is 11.5 Å². The van der Waals surface area contributed by atoms with Crippen LogP contribution in [0.4, 0.5) is 0 Å². The summed E-state index contributed by atoms with van der Waals surface area (Å²) in [5.41, 5.74) is 7.38. The Morgan fingerprint density at radius 2 is 2.11 bits per heavy atom. The van der Waals surface area contributed by atoms with Gasteiger partial charge in [0.15, 0.2) is 11.5 Å². The number of rotatable bonds is 5. The first-order valence-corrected chi connectivity index (χ1v) is 6.39. The smallest absolute Gasteiger partial charge is 0.162 e. The molecule has 2 aliphatic rings. The third-order valence-electron chi connectivity index (χ3n) is 3.58. The van der Waals surface area contributed by atoms with Crippen LogP contribution >= 0.6 is 0 Å². The van der Waals surface area contributed by atoms with E-state index in [9.17, 15) is 0 Å². The summed E-state index contributed by atoms with van der Waals surface area (Å²) in [6.07, 6.45) is 3.30. The van der Waals surface area contributed by atoms with Gasteiger partial charge >= 0.3 is 0 Å². The van der Waals surface area contributed by atoms with Crippen LogP contribution in [0.25, 0.3) is 0 Å². The lowest BCUT2D eigenvalue weighted by Gasteiger charge is -2.27. The molecule has 0 radical (unpaired) electrons. The van der Waals surface area contributed by atoms with Gasteiger partial charge < -0.3 is 19.9 Å². The summed E-state index contributed by atoms with van der Waals surface area (Å²) >= 11 is 0. The molecule has 0 bridgehead atoms. The van der Waals surface area contributed by atoms with Crippen LogP contribution in [0.15, 0.2) is 18.2 Å². The summed E-state index contributed by atoms with van der Waals surface area (Å²) in [4.78, 5) is 0. The van der Waals surface area contributed by atoms with E-state index in [1.165, 1.54) is 5.56 Å². The van der Waals surface area contributed by atoms with Gasteiger partial charge in [0.25, 0.3) is 0 Å². The van der Waals surface area contributed by atoms with E-state index in [1.807, 2.05) is 12.1 Å². The Labute approximate surface area is 107 Å². The van der Waals surface area contributed by atoms with Crippen LogP contribution < -0.4 is 15.2 Å². The lowest BCUT2D eigenvalue weighted by molar-refractivity contribution is -0.0803. The second-order valence-corrected chi connectivity index (χ2v) is 5.30. The van der Waals surface area contributed by atoms with Gasteiger partial charge in [-0.15, -0.1) is 0 Å². The summed E-state index contributed by atoms with van der Waals surface area (Å²) in [6, 6.07) is 6.07. The van der Waals surface area contributed by atoms with E-state index in [0.29, 0.717) is 13.2 Å². The minimum Gasteiger partial charge on any atom is -0.493 e. The highest BCUT2D eigenvalue weighted by atomic mass is 16.6. The van der Waals surface area contributed by atoms with Gasteiger partial charge in [-0.2, -0.15) is 0 Å². The minimum absolute atomic E-state index is 0.0193. The van der Waals surface area contributed by atoms with Crippen molar-refractivity contribution in [3.63, 3.8) is 0 Å². The third-order valence-corrected chi connectivity index (χ3v) is 3.58. The highest BCUT2D eigenvalue weighted by Gasteiger charge is 2.38. The molecule has 1 aliphatic carbocycles. The molecule has 0 amide bonds. The maximum atomic E-state index is 6.15. The molecule has 3 rings (SSSR count). The minimum atomic E-state index is 0.0193. The summed E-state index contributed by atoms with van der Waals surface area (Å²) < 4.78 is 16.3. The zero-order chi connectivity index (χ0) is 12.6. The Balaban J connectivity index is 1.76. The molecule has 4 heteroatoms. The molecule has 0 aromatic heterocycles. The van der Waals surface area contributed by atoms with Crippen LogP contribution in [-0.2, 0) is 11.2 Å². The van der Waals surface area contributed by atoms with Crippen molar-refractivity contribution in [1.82, 2.24) is 0 Å². The van der Waals surface area contributed by atoms with Crippen LogP contribution in [0, 0.1) is 0 Å². The number of hydrogen-bond donors (Lipinski definition) is 1. The lowest BCUT2D eigenvalue weighted by Crippen LogP contribution is -2.38. The first kappa shape index (κ1) is 11.8. The summed E-state index contributed by atoms with van der Waals surface area (Å²) in [5.74, 6) is 1.57. The fourth-order valence-corrected chi connectivity index (χ4v) is 2.13. The second-order valence-electron chi connectivity index (χ2n) is 5.30. The Hall–Kier alpha value is -1.26. The molecule has 1 aromatic rings. The first-order valence-electron chi connectivity index (χ1n) is 6.39. The molecule has 2 fully saturated rings. The highest BCUT2D eigenvalue weighted by Crippen LogP contribution is 2.38. The maximum absolute atomic E-state index is 6.15. The summed E-state index contributed by atoms with van der Waals surface area (Å²) in [7, 11) is 1.66. The predicted octanol–water partition coefficient (Wildman–Crippen LogP) is 1.51. The fraction of sp³-hybridized carbons (Fsp3) is 0.571. The molecule has 4 nitrogen and oxygen atoms in total. The maximum Gasteiger partial charge on any atom is 0.162 e. The summed E-state index contributed by atoms with van der Waals surface area (Å²) in [5, 5.41) is 0. The van der Waals surface area contributed by atoms with E-state index < -0.39 is 0 Å². The quantitative estimate of drug-likeness (QED) is 0.859. The molecule has 0 atom stereocenters. The Bertz CT molecular complexity index is 439. The molecule has 0 spiro atoms. The molecule has 2 N–H and O–H groups in total. The van der Waals surface area contributed by atoms with Gasteiger partial charge in [-0.3, -0.25) is 0 Å². The van der Waals surface area contributed by atoms with Gasteiger partial charge in [0, 0.05) is 5.54 Å². The van der Waals surface area contributed by atoms with E-state index >= 15 is 0 Å². The van der Waals surface area contributed by atoms with E-state index in [4.69, 9.17) is 19.9 Å². The van der Waals surface area contributed by atoms with Gasteiger partial charge in [-0.1, -0.05) is 6.07 Å². The number of ether oxygens (including phenoxy) is 3. The fourth-order valence-electron chi connectivity index (χ4n) is 2.13. The number of methoxy groups -OCH3 is 1. The molecule has 18 heavy (non-hydrogen) atoms. The van der Waals surface area contributed by atoms with Gasteiger partial charge in [0.05, 0.1) is 20.3 Å². The topological polar surface area (TPSA) is 53.7 Å². The molecule has 98 valence electrons. The van der Waals surface area contributed by atoms with Crippen molar-refractivity contribution >= 4 is 0 Å². The highest BCUT2D eigenvalue weighted by molar-refractivity contribution is 5.44. The third kappa shape index (κ3) is 2.44. The number of hydrogen-bond acceptors (Lipinski definition) is 4. The first-order chi connectivity index (χ1) is 8.68. The van der Waals surface area contributed by atoms with Crippen LogP contribution in [0.1, 0.15) is 18.4 Å². The Morgan fingerprint density at radius 1 is 1.33 bits per heavy atom. The van der Waals surface area contributed by atoms with E-state index in [1.54, 1.807) is 7.11 Å². The zero-order valence-electron chi connectivity index (χ0n) is 10.6. The van der Waals surface area contributed by atoms with Crippen LogP contribution in [0.2, 0.25) is 0 Å². The van der Waals surface area contributed by atoms with Gasteiger partial charge in [0.1, 0.15) is 6.10 Å². The zero-order valence-corrected chi connectivity index (χ0v) is 10.6. The molecule has 1 aromatic carbocycles. The van der Waals surface area contributed by atoms with Crippen LogP contribution in [-0.4, -0.2) is 32.0 Å². The molecule has 1 saturated heterocycles. The van der Waals surface area contributed by atoms with Crippen molar-refractivity contribution in [3.05, 3.63) is 23.8 Å². The van der Waals surface area contributed by atoms with E-state index in [0.717, 1.165) is 30.8 Å². The molecular formula is C14H19NO3. The van der Waals surface area contributed by atoms with Crippen LogP contribution in [0.3, 0.4) is 0 Å². The van der Waals surface area contributed by atoms with Crippen LogP contribution in [0.5, 0.6) is 11.5 Å². The van der Waals surface area contributed by atoms with E-state index in [2.05, 4.69) is 6.07 Å². The number of nitrogens with two attached hydrogens (primary N) is 1. The SMILES string of the molecule is COc1ccc(CC2(N)CC2)cc1OC1COC1. The predicted molar refractivity (Wildman–Crippen MR) is 68.1 cm³/mol. The second kappa shape index (κ2) is 4.44. The van der Waals surface area contributed by atoms with Crippen molar-refractivity contribution in [2.75, 3.05) is 20.3 Å². The molecule has 1 aliphatic heterocycles. The van der Waals surface area contributed by atoms with Crippen molar-refractivity contribution in [2.45, 2.75) is 30.9 Å². The molecule has 1 heterocycles. The molecule has 0 unspecified atom stereocenters. The standard InChI is InChI=1S/C14H19NO3/c1-16-12-3-2-10(7-14(15)4-5-14)6-13(12)18-11-8-17-9-11/h2-3,6,11H,4-5,7-9,15H2,1H3. The van der Waals surface area contributed by atoms with Crippen molar-refractivity contribution < 1.29 is 14.2 Å². The van der Waals surface area contributed by atoms with Gasteiger partial charge in [-0.05, 0) is 37.0 Å². The average Bonchev–Trinajstić information content (AvgIpc) is 3.02. The average molecular weight is 249 g/mol. The van der Waals surface area contributed by atoms with E-state index in [-0.39, 0.29) is 11.6 Å². The largest absolute Gasteiger partial charge is 0.493 e. The monoisotopic (exact) mass is 249 g/mol. The molecule has 1 saturated carbocycles. The Kier molecular flexibility index (Phi) is 2.92.